The number of pyridine rings is 1. The van der Waals surface area contributed by atoms with Crippen LogP contribution in [0.1, 0.15) is 12.5 Å². The second kappa shape index (κ2) is 7.18. The lowest BCUT2D eigenvalue weighted by molar-refractivity contribution is 0.414. The molecule has 2 aliphatic heterocycles. The summed E-state index contributed by atoms with van der Waals surface area (Å²) < 4.78 is 7.51. The Bertz CT molecular complexity index is 1150. The van der Waals surface area contributed by atoms with Gasteiger partial charge in [-0.2, -0.15) is 4.98 Å². The number of aromatic nitrogens is 4. The molecule has 0 radical (unpaired) electrons. The highest BCUT2D eigenvalue weighted by atomic mass is 35.5. The summed E-state index contributed by atoms with van der Waals surface area (Å²) in [7, 11) is 1.80. The number of nitrogens with zero attached hydrogens (tertiary/aromatic N) is 5. The van der Waals surface area contributed by atoms with Crippen LogP contribution in [0.2, 0.25) is 10.2 Å². The topological polar surface area (TPSA) is 68.1 Å². The van der Waals surface area contributed by atoms with Gasteiger partial charge >= 0.3 is 6.01 Å². The number of benzene rings is 1. The number of ether oxygens (including phenoxy) is 1. The molecule has 7 nitrogen and oxygen atoms in total. The quantitative estimate of drug-likeness (QED) is 0.571. The summed E-state index contributed by atoms with van der Waals surface area (Å²) in [6.07, 6.45) is 1.73. The predicted octanol–water partition coefficient (Wildman–Crippen LogP) is 4.82. The Morgan fingerprint density at radius 2 is 2.00 bits per heavy atom. The van der Waals surface area contributed by atoms with Gasteiger partial charge in [0, 0.05) is 42.1 Å². The van der Waals surface area contributed by atoms with E-state index in [1.54, 1.807) is 24.0 Å². The molecule has 154 valence electrons. The first-order valence-electron chi connectivity index (χ1n) is 9.61. The van der Waals surface area contributed by atoms with Crippen molar-refractivity contribution in [2.45, 2.75) is 19.9 Å². The Balaban J connectivity index is 1.33. The van der Waals surface area contributed by atoms with E-state index in [1.807, 2.05) is 31.2 Å². The molecular weight excluding hydrogens is 423 g/mol. The number of nitrogens with one attached hydrogen (secondary N) is 1. The van der Waals surface area contributed by atoms with Crippen LogP contribution >= 0.6 is 23.2 Å². The molecule has 30 heavy (non-hydrogen) atoms. The number of fused-ring (bicyclic) bond motifs is 1. The second-order valence-electron chi connectivity index (χ2n) is 7.65. The number of hydrogen-bond donors (Lipinski definition) is 1. The van der Waals surface area contributed by atoms with Crippen molar-refractivity contribution in [2.75, 3.05) is 16.8 Å². The first kappa shape index (κ1) is 19.2. The summed E-state index contributed by atoms with van der Waals surface area (Å²) >= 11 is 12.2. The summed E-state index contributed by atoms with van der Waals surface area (Å²) in [5.41, 5.74) is 4.68. The van der Waals surface area contributed by atoms with Crippen LogP contribution in [0.4, 0.5) is 11.6 Å². The molecule has 2 aromatic heterocycles. The Kier molecular flexibility index (Phi) is 4.60. The lowest BCUT2D eigenvalue weighted by Gasteiger charge is -2.32. The average molecular weight is 443 g/mol. The van der Waals surface area contributed by atoms with Crippen LogP contribution in [0.15, 0.2) is 47.8 Å². The molecule has 1 aliphatic carbocycles. The molecule has 9 heteroatoms. The predicted molar refractivity (Wildman–Crippen MR) is 117 cm³/mol. The van der Waals surface area contributed by atoms with Crippen molar-refractivity contribution in [2.24, 2.45) is 13.0 Å². The van der Waals surface area contributed by atoms with Crippen LogP contribution in [-0.2, 0) is 7.05 Å². The number of rotatable bonds is 5. The summed E-state index contributed by atoms with van der Waals surface area (Å²) in [5, 5.41) is 9.04. The lowest BCUT2D eigenvalue weighted by atomic mass is 9.82. The fourth-order valence-corrected chi connectivity index (χ4v) is 4.65. The summed E-state index contributed by atoms with van der Waals surface area (Å²) in [4.78, 5) is 10.9. The lowest BCUT2D eigenvalue weighted by Crippen LogP contribution is -2.37. The Hall–Kier alpha value is -2.77. The van der Waals surface area contributed by atoms with E-state index < -0.39 is 0 Å². The molecule has 2 unspecified atom stereocenters. The third-order valence-corrected chi connectivity index (χ3v) is 6.01. The van der Waals surface area contributed by atoms with Gasteiger partial charge in [-0.05, 0) is 55.3 Å². The van der Waals surface area contributed by atoms with Crippen LogP contribution in [-0.4, -0.2) is 32.3 Å². The number of halogens is 2. The minimum Gasteiger partial charge on any atom is -0.424 e. The van der Waals surface area contributed by atoms with E-state index in [-0.39, 0.29) is 6.04 Å². The molecule has 4 heterocycles. The van der Waals surface area contributed by atoms with Crippen LogP contribution in [0, 0.1) is 12.8 Å². The van der Waals surface area contributed by atoms with E-state index in [0.717, 1.165) is 17.8 Å². The Morgan fingerprint density at radius 3 is 2.77 bits per heavy atom. The molecule has 6 rings (SSSR count). The zero-order valence-electron chi connectivity index (χ0n) is 16.7. The van der Waals surface area contributed by atoms with E-state index in [0.29, 0.717) is 33.8 Å². The minimum atomic E-state index is 0.153. The number of anilines is 2. The standard InChI is InChI=1S/C21H20Cl2N6O/c1-11-6-13(22)8-15(7-11)30-21-26-20(27-28(21)3)25-18-16-10-29(19(18)12(16)2)14-4-5-24-17(23)9-14/h4-9,16,18H,10H2,1-3H3,(H,25,27). The fraction of sp³-hybridized carbons (Fsp3) is 0.286. The maximum atomic E-state index is 6.13. The molecule has 0 spiro atoms. The van der Waals surface area contributed by atoms with Gasteiger partial charge in [0.25, 0.3) is 0 Å². The highest BCUT2D eigenvalue weighted by Gasteiger charge is 2.49. The van der Waals surface area contributed by atoms with Crippen molar-refractivity contribution in [1.82, 2.24) is 19.7 Å². The van der Waals surface area contributed by atoms with Crippen molar-refractivity contribution >= 4 is 34.8 Å². The molecule has 1 saturated heterocycles. The van der Waals surface area contributed by atoms with Crippen LogP contribution in [0.25, 0.3) is 0 Å². The fourth-order valence-electron chi connectivity index (χ4n) is 4.20. The molecular formula is C21H20Cl2N6O. The van der Waals surface area contributed by atoms with Crippen molar-refractivity contribution in [3.8, 4) is 11.8 Å². The molecule has 0 saturated carbocycles. The average Bonchev–Trinajstić information content (AvgIpc) is 3.34. The van der Waals surface area contributed by atoms with E-state index in [1.165, 1.54) is 11.3 Å². The van der Waals surface area contributed by atoms with Crippen molar-refractivity contribution in [1.29, 1.82) is 0 Å². The number of aryl methyl sites for hydroxylation is 2. The third-order valence-electron chi connectivity index (χ3n) is 5.58. The van der Waals surface area contributed by atoms with Gasteiger partial charge in [-0.15, -0.1) is 5.10 Å². The van der Waals surface area contributed by atoms with Crippen LogP contribution in [0.5, 0.6) is 11.8 Å². The molecule has 1 fully saturated rings. The van der Waals surface area contributed by atoms with Crippen LogP contribution < -0.4 is 15.0 Å². The highest BCUT2D eigenvalue weighted by Crippen LogP contribution is 2.48. The minimum absolute atomic E-state index is 0.153. The van der Waals surface area contributed by atoms with E-state index in [2.05, 4.69) is 32.2 Å². The van der Waals surface area contributed by atoms with Gasteiger partial charge in [-0.1, -0.05) is 23.2 Å². The second-order valence-corrected chi connectivity index (χ2v) is 8.48. The van der Waals surface area contributed by atoms with E-state index in [4.69, 9.17) is 27.9 Å². The van der Waals surface area contributed by atoms with Crippen molar-refractivity contribution in [3.05, 3.63) is 63.5 Å². The summed E-state index contributed by atoms with van der Waals surface area (Å²) in [6, 6.07) is 9.96. The van der Waals surface area contributed by atoms with Gasteiger partial charge in [-0.3, -0.25) is 0 Å². The van der Waals surface area contributed by atoms with Gasteiger partial charge < -0.3 is 15.0 Å². The largest absolute Gasteiger partial charge is 0.424 e. The number of hydrogen-bond acceptors (Lipinski definition) is 6. The zero-order chi connectivity index (χ0) is 21.0. The molecule has 0 amide bonds. The maximum Gasteiger partial charge on any atom is 0.321 e. The normalized spacial score (nSPS) is 19.8. The summed E-state index contributed by atoms with van der Waals surface area (Å²) in [5.74, 6) is 1.56. The zero-order valence-corrected chi connectivity index (χ0v) is 18.2. The van der Waals surface area contributed by atoms with Crippen molar-refractivity contribution in [3.63, 3.8) is 0 Å². The van der Waals surface area contributed by atoms with Gasteiger partial charge in [0.05, 0.1) is 6.04 Å². The van der Waals surface area contributed by atoms with Crippen LogP contribution in [0.3, 0.4) is 0 Å². The van der Waals surface area contributed by atoms with Gasteiger partial charge in [-0.25, -0.2) is 9.67 Å². The summed E-state index contributed by atoms with van der Waals surface area (Å²) in [6.45, 7) is 5.03. The Labute approximate surface area is 184 Å². The van der Waals surface area contributed by atoms with Gasteiger partial charge in [0.2, 0.25) is 5.95 Å². The van der Waals surface area contributed by atoms with Crippen molar-refractivity contribution < 1.29 is 4.74 Å². The molecule has 3 aromatic rings. The maximum absolute atomic E-state index is 6.13. The first-order chi connectivity index (χ1) is 14.4. The monoisotopic (exact) mass is 442 g/mol. The highest BCUT2D eigenvalue weighted by molar-refractivity contribution is 6.30. The molecule has 2 bridgehead atoms. The molecule has 2 atom stereocenters. The third kappa shape index (κ3) is 3.28. The van der Waals surface area contributed by atoms with E-state index in [9.17, 15) is 0 Å². The molecule has 3 aliphatic rings. The SMILES string of the molecule is CC1=C2C(Nc3nc(Oc4cc(C)cc(Cl)c4)n(C)n3)C1CN2c1ccnc(Cl)c1. The molecule has 1 aromatic carbocycles. The Morgan fingerprint density at radius 1 is 1.17 bits per heavy atom. The smallest absolute Gasteiger partial charge is 0.321 e. The van der Waals surface area contributed by atoms with E-state index >= 15 is 0 Å². The van der Waals surface area contributed by atoms with Gasteiger partial charge in [0.15, 0.2) is 0 Å². The first-order valence-corrected chi connectivity index (χ1v) is 10.4. The van der Waals surface area contributed by atoms with Gasteiger partial charge in [0.1, 0.15) is 10.9 Å². The molecule has 1 N–H and O–H groups in total.